The van der Waals surface area contributed by atoms with E-state index in [1.165, 1.54) is 0 Å². The van der Waals surface area contributed by atoms with E-state index in [4.69, 9.17) is 0 Å². The van der Waals surface area contributed by atoms with Crippen LogP contribution in [0.4, 0.5) is 0 Å². The number of allylic oxidation sites excluding steroid dienone is 3. The molecule has 56 valence electrons. The van der Waals surface area contributed by atoms with Gasteiger partial charge in [0.25, 0.3) is 0 Å². The third-order valence-electron chi connectivity index (χ3n) is 1.12. The van der Waals surface area contributed by atoms with Crippen LogP contribution in [0.3, 0.4) is 0 Å². The van der Waals surface area contributed by atoms with Crippen LogP contribution in [0.1, 0.15) is 0 Å². The highest BCUT2D eigenvalue weighted by Gasteiger charge is 2.12. The summed E-state index contributed by atoms with van der Waals surface area (Å²) in [5, 5.41) is 2.27. The molecular weight excluding hydrogens is 148 g/mol. The van der Waals surface area contributed by atoms with Crippen LogP contribution in [0.15, 0.2) is 29.2 Å². The molecule has 5 nitrogen and oxygen atoms in total. The molecule has 1 aliphatic carbocycles. The van der Waals surface area contributed by atoms with Gasteiger partial charge in [0.2, 0.25) is 5.78 Å². The monoisotopic (exact) mass is 152 g/mol. The Morgan fingerprint density at radius 1 is 1.27 bits per heavy atom. The molecule has 11 heavy (non-hydrogen) atoms. The average molecular weight is 152 g/mol. The Hall–Kier alpha value is -1.78. The second-order valence-electron chi connectivity index (χ2n) is 1.86. The van der Waals surface area contributed by atoms with Gasteiger partial charge < -0.3 is 0 Å². The number of nitrogens with one attached hydrogen (secondary N) is 1. The number of carbonyl (C=O) groups is 2. The van der Waals surface area contributed by atoms with Crippen LogP contribution in [0.25, 0.3) is 0 Å². The topological polar surface area (TPSA) is 75.6 Å². The maximum absolute atomic E-state index is 10.8. The summed E-state index contributed by atoms with van der Waals surface area (Å²) in [5.41, 5.74) is 1.78. The first-order chi connectivity index (χ1) is 5.24. The third kappa shape index (κ3) is 1.57. The lowest BCUT2D eigenvalue weighted by molar-refractivity contribution is -0.114. The van der Waals surface area contributed by atoms with Crippen molar-refractivity contribution in [1.82, 2.24) is 5.43 Å². The Labute approximate surface area is 61.7 Å². The molecule has 0 bridgehead atoms. The highest BCUT2D eigenvalue weighted by Crippen LogP contribution is 2.00. The molecule has 0 aromatic rings. The first-order valence-electron chi connectivity index (χ1n) is 2.80. The summed E-state index contributed by atoms with van der Waals surface area (Å²) in [4.78, 5) is 31.0. The van der Waals surface area contributed by atoms with Crippen molar-refractivity contribution in [3.63, 3.8) is 0 Å². The Kier molecular flexibility index (Phi) is 1.91. The number of nitroso groups, excluding NO2 is 1. The number of rotatable bonds is 2. The Morgan fingerprint density at radius 2 is 2.00 bits per heavy atom. The molecule has 0 atom stereocenters. The minimum absolute atomic E-state index is 0.0903. The molecule has 0 radical (unpaired) electrons. The van der Waals surface area contributed by atoms with Gasteiger partial charge in [0.1, 0.15) is 5.70 Å². The number of hydrogen-bond donors (Lipinski definition) is 1. The molecule has 0 aromatic carbocycles. The molecule has 5 heteroatoms. The van der Waals surface area contributed by atoms with Crippen molar-refractivity contribution in [1.29, 1.82) is 0 Å². The SMILES string of the molecule is O=NNC1=CC(=O)C=CC1=O. The van der Waals surface area contributed by atoms with Gasteiger partial charge in [0, 0.05) is 6.08 Å². The molecule has 0 aromatic heterocycles. The van der Waals surface area contributed by atoms with Gasteiger partial charge in [-0.2, -0.15) is 0 Å². The zero-order valence-electron chi connectivity index (χ0n) is 5.40. The molecule has 0 amide bonds. The van der Waals surface area contributed by atoms with E-state index < -0.39 is 5.78 Å². The third-order valence-corrected chi connectivity index (χ3v) is 1.12. The predicted octanol–water partition coefficient (Wildman–Crippen LogP) is -0.151. The van der Waals surface area contributed by atoms with Gasteiger partial charge in [-0.1, -0.05) is 0 Å². The average Bonchev–Trinajstić information content (AvgIpc) is 1.98. The number of carbonyl (C=O) groups excluding carboxylic acids is 2. The van der Waals surface area contributed by atoms with E-state index in [0.717, 1.165) is 18.2 Å². The van der Waals surface area contributed by atoms with Crippen molar-refractivity contribution in [2.75, 3.05) is 0 Å². The highest BCUT2D eigenvalue weighted by atomic mass is 16.3. The first-order valence-corrected chi connectivity index (χ1v) is 2.80. The van der Waals surface area contributed by atoms with Crippen molar-refractivity contribution in [2.45, 2.75) is 0 Å². The van der Waals surface area contributed by atoms with Gasteiger partial charge in [0.15, 0.2) is 5.78 Å². The molecule has 1 N–H and O–H groups in total. The molecule has 1 aliphatic rings. The summed E-state index contributed by atoms with van der Waals surface area (Å²) in [7, 11) is 0. The lowest BCUT2D eigenvalue weighted by Gasteiger charge is -2.01. The van der Waals surface area contributed by atoms with Gasteiger partial charge in [-0.25, -0.2) is 5.43 Å². The van der Waals surface area contributed by atoms with Crippen LogP contribution in [-0.4, -0.2) is 11.6 Å². The fraction of sp³-hybridized carbons (Fsp3) is 0. The minimum Gasteiger partial charge on any atom is -0.290 e. The minimum atomic E-state index is -0.427. The predicted molar refractivity (Wildman–Crippen MR) is 36.2 cm³/mol. The van der Waals surface area contributed by atoms with Crippen LogP contribution in [-0.2, 0) is 9.59 Å². The summed E-state index contributed by atoms with van der Waals surface area (Å²) < 4.78 is 0. The molecule has 1 rings (SSSR count). The first kappa shape index (κ1) is 7.33. The number of nitrogens with zero attached hydrogens (tertiary/aromatic N) is 1. The second kappa shape index (κ2) is 2.87. The molecule has 0 aliphatic heterocycles. The standard InChI is InChI=1S/C6H4N2O3/c9-4-1-2-6(10)5(3-4)7-8-11/h1-3H,(H,7,11). The van der Waals surface area contributed by atoms with Gasteiger partial charge in [-0.3, -0.25) is 9.59 Å². The largest absolute Gasteiger partial charge is 0.290 e. The van der Waals surface area contributed by atoms with Gasteiger partial charge in [-0.05, 0) is 12.2 Å². The Bertz CT molecular complexity index is 278. The van der Waals surface area contributed by atoms with Crippen molar-refractivity contribution in [3.8, 4) is 0 Å². The zero-order chi connectivity index (χ0) is 8.27. The summed E-state index contributed by atoms with van der Waals surface area (Å²) in [6, 6.07) is 0. The van der Waals surface area contributed by atoms with Crippen LogP contribution < -0.4 is 5.43 Å². The fourth-order valence-corrected chi connectivity index (χ4v) is 0.646. The van der Waals surface area contributed by atoms with Gasteiger partial charge in [-0.15, -0.1) is 4.91 Å². The van der Waals surface area contributed by atoms with Crippen molar-refractivity contribution >= 4 is 11.6 Å². The molecule has 0 heterocycles. The van der Waals surface area contributed by atoms with Crippen LogP contribution in [0.2, 0.25) is 0 Å². The molecule has 0 saturated carbocycles. The van der Waals surface area contributed by atoms with Crippen LogP contribution >= 0.6 is 0 Å². The highest BCUT2D eigenvalue weighted by molar-refractivity contribution is 6.16. The number of ketones is 2. The Balaban J connectivity index is 2.84. The Morgan fingerprint density at radius 3 is 2.64 bits per heavy atom. The lowest BCUT2D eigenvalue weighted by atomic mass is 10.1. The smallest absolute Gasteiger partial charge is 0.203 e. The van der Waals surface area contributed by atoms with E-state index in [0.29, 0.717) is 0 Å². The van der Waals surface area contributed by atoms with E-state index in [9.17, 15) is 14.5 Å². The summed E-state index contributed by atoms with van der Waals surface area (Å²) in [6.45, 7) is 0. The summed E-state index contributed by atoms with van der Waals surface area (Å²) in [6.07, 6.45) is 3.22. The van der Waals surface area contributed by atoms with E-state index in [1.54, 1.807) is 0 Å². The van der Waals surface area contributed by atoms with E-state index in [-0.39, 0.29) is 11.5 Å². The normalized spacial score (nSPS) is 16.2. The molecule has 0 fully saturated rings. The van der Waals surface area contributed by atoms with Gasteiger partial charge in [0.05, 0.1) is 5.29 Å². The second-order valence-corrected chi connectivity index (χ2v) is 1.86. The maximum atomic E-state index is 10.8. The lowest BCUT2D eigenvalue weighted by Crippen LogP contribution is -2.17. The zero-order valence-corrected chi connectivity index (χ0v) is 5.40. The molecule has 0 saturated heterocycles. The molecule has 0 spiro atoms. The molecular formula is C6H4N2O3. The summed E-state index contributed by atoms with van der Waals surface area (Å²) >= 11 is 0. The molecule has 0 unspecified atom stereocenters. The fourth-order valence-electron chi connectivity index (χ4n) is 0.646. The van der Waals surface area contributed by atoms with Crippen molar-refractivity contribution in [2.24, 2.45) is 5.29 Å². The summed E-state index contributed by atoms with van der Waals surface area (Å²) in [5.74, 6) is -0.764. The van der Waals surface area contributed by atoms with Crippen molar-refractivity contribution < 1.29 is 9.59 Å². The maximum Gasteiger partial charge on any atom is 0.203 e. The number of hydrogen-bond acceptors (Lipinski definition) is 4. The van der Waals surface area contributed by atoms with Gasteiger partial charge >= 0.3 is 0 Å². The quantitative estimate of drug-likeness (QED) is 0.339. The van der Waals surface area contributed by atoms with Crippen LogP contribution in [0, 0.1) is 4.91 Å². The van der Waals surface area contributed by atoms with E-state index in [2.05, 4.69) is 5.29 Å². The van der Waals surface area contributed by atoms with Crippen molar-refractivity contribution in [3.05, 3.63) is 28.8 Å². The van der Waals surface area contributed by atoms with E-state index in [1.807, 2.05) is 5.43 Å². The van der Waals surface area contributed by atoms with E-state index >= 15 is 0 Å². The van der Waals surface area contributed by atoms with Crippen LogP contribution in [0.5, 0.6) is 0 Å².